The van der Waals surface area contributed by atoms with Crippen LogP contribution in [0, 0.1) is 13.8 Å². The summed E-state index contributed by atoms with van der Waals surface area (Å²) in [5, 5.41) is 11.4. The van der Waals surface area contributed by atoms with Gasteiger partial charge in [-0.25, -0.2) is 0 Å². The first-order chi connectivity index (χ1) is 11.6. The van der Waals surface area contributed by atoms with Crippen molar-refractivity contribution in [3.63, 3.8) is 0 Å². The number of ether oxygens (including phenoxy) is 1. The third-order valence-electron chi connectivity index (χ3n) is 4.58. The maximum atomic E-state index is 5.50. The Hall–Kier alpha value is -0.480. The highest BCUT2D eigenvalue weighted by atomic mass is 127. The Bertz CT molecular complexity index is 543. The predicted octanol–water partition coefficient (Wildman–Crippen LogP) is 2.59. The Morgan fingerprint density at radius 2 is 2.08 bits per heavy atom. The molecule has 0 aliphatic carbocycles. The van der Waals surface area contributed by atoms with Crippen LogP contribution in [0.2, 0.25) is 0 Å². The first kappa shape index (κ1) is 22.6. The van der Waals surface area contributed by atoms with E-state index in [1.54, 1.807) is 0 Å². The molecular weight excluding hydrogens is 449 g/mol. The predicted molar refractivity (Wildman–Crippen MR) is 117 cm³/mol. The molecule has 1 aliphatic rings. The van der Waals surface area contributed by atoms with Crippen LogP contribution >= 0.6 is 35.7 Å². The summed E-state index contributed by atoms with van der Waals surface area (Å²) in [7, 11) is 1.83. The number of guanidine groups is 1. The van der Waals surface area contributed by atoms with Crippen molar-refractivity contribution in [3.05, 3.63) is 17.5 Å². The van der Waals surface area contributed by atoms with Crippen molar-refractivity contribution in [1.82, 2.24) is 20.4 Å². The first-order valence-corrected chi connectivity index (χ1v) is 9.89. The van der Waals surface area contributed by atoms with Crippen LogP contribution in [-0.2, 0) is 11.3 Å². The highest BCUT2D eigenvalue weighted by Crippen LogP contribution is 2.32. The van der Waals surface area contributed by atoms with E-state index < -0.39 is 0 Å². The summed E-state index contributed by atoms with van der Waals surface area (Å²) in [6.07, 6.45) is 5.40. The van der Waals surface area contributed by atoms with E-state index in [4.69, 9.17) is 4.74 Å². The molecule has 0 radical (unpaired) electrons. The zero-order valence-corrected chi connectivity index (χ0v) is 18.9. The van der Waals surface area contributed by atoms with Gasteiger partial charge in [-0.1, -0.05) is 0 Å². The minimum absolute atomic E-state index is 0. The van der Waals surface area contributed by atoms with E-state index in [0.29, 0.717) is 0 Å². The Kier molecular flexibility index (Phi) is 10.2. The minimum atomic E-state index is 0. The van der Waals surface area contributed by atoms with Gasteiger partial charge in [-0.15, -0.1) is 24.0 Å². The summed E-state index contributed by atoms with van der Waals surface area (Å²) in [6.45, 7) is 8.58. The Labute approximate surface area is 173 Å². The summed E-state index contributed by atoms with van der Waals surface area (Å²) in [4.78, 5) is 4.34. The molecule has 1 aromatic rings. The fourth-order valence-electron chi connectivity index (χ4n) is 3.00. The van der Waals surface area contributed by atoms with Crippen molar-refractivity contribution in [2.45, 2.75) is 44.4 Å². The van der Waals surface area contributed by atoms with E-state index in [2.05, 4.69) is 44.7 Å². The molecule has 0 aromatic carbocycles. The van der Waals surface area contributed by atoms with Crippen molar-refractivity contribution in [1.29, 1.82) is 0 Å². The fourth-order valence-corrected chi connectivity index (χ4v) is 3.79. The maximum absolute atomic E-state index is 5.50. The van der Waals surface area contributed by atoms with Gasteiger partial charge in [0.25, 0.3) is 0 Å². The molecule has 1 fully saturated rings. The number of aromatic nitrogens is 2. The lowest BCUT2D eigenvalue weighted by molar-refractivity contribution is 0.0783. The second-order valence-corrected chi connectivity index (χ2v) is 7.63. The van der Waals surface area contributed by atoms with Gasteiger partial charge in [0.05, 0.1) is 5.69 Å². The largest absolute Gasteiger partial charge is 0.381 e. The van der Waals surface area contributed by atoms with Crippen LogP contribution < -0.4 is 10.6 Å². The molecule has 1 aromatic heterocycles. The van der Waals surface area contributed by atoms with Crippen LogP contribution in [0.3, 0.4) is 0 Å². The van der Waals surface area contributed by atoms with Crippen LogP contribution in [0.15, 0.2) is 11.1 Å². The maximum Gasteiger partial charge on any atom is 0.191 e. The summed E-state index contributed by atoms with van der Waals surface area (Å²) in [6, 6.07) is 2.11. The molecular formula is C17H32IN5OS. The van der Waals surface area contributed by atoms with Gasteiger partial charge >= 0.3 is 0 Å². The normalized spacial score (nSPS) is 17.0. The molecule has 2 rings (SSSR count). The van der Waals surface area contributed by atoms with Gasteiger partial charge in [0.15, 0.2) is 5.96 Å². The zero-order valence-electron chi connectivity index (χ0n) is 15.8. The number of rotatable bonds is 7. The third-order valence-corrected chi connectivity index (χ3v) is 6.00. The van der Waals surface area contributed by atoms with E-state index in [9.17, 15) is 0 Å². The molecule has 0 spiro atoms. The molecule has 2 N–H and O–H groups in total. The molecule has 0 saturated carbocycles. The fraction of sp³-hybridized carbons (Fsp3) is 0.765. The number of thioether (sulfide) groups is 1. The Morgan fingerprint density at radius 3 is 2.64 bits per heavy atom. The van der Waals surface area contributed by atoms with Gasteiger partial charge in [0, 0.05) is 50.3 Å². The van der Waals surface area contributed by atoms with Gasteiger partial charge < -0.3 is 15.4 Å². The summed E-state index contributed by atoms with van der Waals surface area (Å²) in [5.74, 6) is 0.878. The summed E-state index contributed by atoms with van der Waals surface area (Å²) >= 11 is 1.94. The van der Waals surface area contributed by atoms with E-state index >= 15 is 0 Å². The molecule has 6 nitrogen and oxygen atoms in total. The van der Waals surface area contributed by atoms with E-state index in [0.717, 1.165) is 63.8 Å². The zero-order chi connectivity index (χ0) is 17.4. The highest BCUT2D eigenvalue weighted by molar-refractivity contribution is 14.0. The lowest BCUT2D eigenvalue weighted by atomic mass is 9.99. The number of nitrogens with one attached hydrogen (secondary N) is 2. The molecule has 0 atom stereocenters. The number of halogens is 1. The average molecular weight is 481 g/mol. The smallest absolute Gasteiger partial charge is 0.191 e. The quantitative estimate of drug-likeness (QED) is 0.271. The Balaban J connectivity index is 0.00000312. The summed E-state index contributed by atoms with van der Waals surface area (Å²) < 4.78 is 7.83. The van der Waals surface area contributed by atoms with Crippen molar-refractivity contribution < 1.29 is 4.74 Å². The molecule has 0 unspecified atom stereocenters. The van der Waals surface area contributed by atoms with E-state index in [1.807, 2.05) is 25.7 Å². The van der Waals surface area contributed by atoms with Crippen LogP contribution in [0.5, 0.6) is 0 Å². The molecule has 1 saturated heterocycles. The number of aliphatic imine (C=N–C) groups is 1. The van der Waals surface area contributed by atoms with Crippen LogP contribution in [-0.4, -0.2) is 60.1 Å². The third kappa shape index (κ3) is 6.97. The number of hydrogen-bond acceptors (Lipinski definition) is 4. The van der Waals surface area contributed by atoms with Gasteiger partial charge in [0.2, 0.25) is 0 Å². The number of aryl methyl sites for hydroxylation is 3. The SMILES string of the molecule is CN=C(NCCCn1nc(C)cc1C)NCC1(SC)CCOCC1.I. The van der Waals surface area contributed by atoms with E-state index in [-0.39, 0.29) is 28.7 Å². The standard InChI is InChI=1S/C17H31N5OS.HI/c1-14-12-15(2)22(21-14)9-5-8-19-16(18-3)20-13-17(24-4)6-10-23-11-7-17;/h12H,5-11,13H2,1-4H3,(H2,18,19,20);1H. The topological polar surface area (TPSA) is 63.5 Å². The van der Waals surface area contributed by atoms with Gasteiger partial charge in [-0.05, 0) is 45.4 Å². The van der Waals surface area contributed by atoms with Crippen LogP contribution in [0.25, 0.3) is 0 Å². The van der Waals surface area contributed by atoms with Gasteiger partial charge in [0.1, 0.15) is 0 Å². The molecule has 0 bridgehead atoms. The molecule has 0 amide bonds. The number of hydrogen-bond donors (Lipinski definition) is 2. The van der Waals surface area contributed by atoms with Crippen molar-refractivity contribution in [3.8, 4) is 0 Å². The highest BCUT2D eigenvalue weighted by Gasteiger charge is 2.31. The molecule has 8 heteroatoms. The lowest BCUT2D eigenvalue weighted by Gasteiger charge is -2.36. The molecule has 144 valence electrons. The van der Waals surface area contributed by atoms with Crippen molar-refractivity contribution in [2.75, 3.05) is 39.6 Å². The molecule has 1 aliphatic heterocycles. The molecule has 25 heavy (non-hydrogen) atoms. The van der Waals surface area contributed by atoms with Crippen LogP contribution in [0.1, 0.15) is 30.7 Å². The van der Waals surface area contributed by atoms with Crippen molar-refractivity contribution in [2.24, 2.45) is 4.99 Å². The number of nitrogens with zero attached hydrogens (tertiary/aromatic N) is 3. The van der Waals surface area contributed by atoms with Crippen molar-refractivity contribution >= 4 is 41.7 Å². The lowest BCUT2D eigenvalue weighted by Crippen LogP contribution is -2.48. The minimum Gasteiger partial charge on any atom is -0.381 e. The monoisotopic (exact) mass is 481 g/mol. The first-order valence-electron chi connectivity index (χ1n) is 8.67. The van der Waals surface area contributed by atoms with Gasteiger partial charge in [-0.3, -0.25) is 9.67 Å². The summed E-state index contributed by atoms with van der Waals surface area (Å²) in [5.41, 5.74) is 2.30. The van der Waals surface area contributed by atoms with Gasteiger partial charge in [-0.2, -0.15) is 16.9 Å². The van der Waals surface area contributed by atoms with Crippen LogP contribution in [0.4, 0.5) is 0 Å². The second kappa shape index (κ2) is 11.3. The van der Waals surface area contributed by atoms with E-state index in [1.165, 1.54) is 5.69 Å². The average Bonchev–Trinajstić information content (AvgIpc) is 2.92. The Morgan fingerprint density at radius 1 is 1.36 bits per heavy atom. The molecule has 2 heterocycles. The second-order valence-electron chi connectivity index (χ2n) is 6.36.